The molecule has 1 fully saturated rings. The molecule has 3 atom stereocenters. The first-order valence-corrected chi connectivity index (χ1v) is 6.83. The van der Waals surface area contributed by atoms with Crippen molar-refractivity contribution in [1.29, 1.82) is 0 Å². The lowest BCUT2D eigenvalue weighted by Gasteiger charge is -2.19. The third kappa shape index (κ3) is 3.70. The average molecular weight is 254 g/mol. The summed E-state index contributed by atoms with van der Waals surface area (Å²) in [4.78, 5) is 0. The van der Waals surface area contributed by atoms with E-state index >= 15 is 0 Å². The second kappa shape index (κ2) is 6.39. The van der Waals surface area contributed by atoms with Crippen molar-refractivity contribution in [3.05, 3.63) is 35.9 Å². The quantitative estimate of drug-likeness (QED) is 0.815. The molecule has 2 rings (SSSR count). The zero-order valence-corrected chi connectivity index (χ0v) is 11.0. The molecule has 1 aromatic carbocycles. The number of alkyl halides is 1. The number of hydrogen-bond donors (Lipinski definition) is 1. The van der Waals surface area contributed by atoms with Crippen LogP contribution in [0, 0.1) is 0 Å². The minimum absolute atomic E-state index is 0.220. The van der Waals surface area contributed by atoms with Gasteiger partial charge in [-0.2, -0.15) is 0 Å². The molecular formula is C14H20ClNO. The topological polar surface area (TPSA) is 21.3 Å². The van der Waals surface area contributed by atoms with Crippen LogP contribution in [0.3, 0.4) is 0 Å². The SMILES string of the molecule is CC1CCC(CNC(CCl)c2ccccc2)O1. The van der Waals surface area contributed by atoms with E-state index in [-0.39, 0.29) is 6.04 Å². The molecule has 1 saturated heterocycles. The maximum atomic E-state index is 6.01. The molecule has 0 aromatic heterocycles. The average Bonchev–Trinajstić information content (AvgIpc) is 2.77. The molecule has 3 unspecified atom stereocenters. The van der Waals surface area contributed by atoms with Crippen LogP contribution >= 0.6 is 11.6 Å². The third-order valence-corrected chi connectivity index (χ3v) is 3.58. The van der Waals surface area contributed by atoms with Crippen molar-refractivity contribution in [2.24, 2.45) is 0 Å². The van der Waals surface area contributed by atoms with Crippen LogP contribution in [0.2, 0.25) is 0 Å². The van der Waals surface area contributed by atoms with E-state index in [0.717, 1.165) is 13.0 Å². The first-order valence-electron chi connectivity index (χ1n) is 6.29. The van der Waals surface area contributed by atoms with E-state index in [1.807, 2.05) is 18.2 Å². The van der Waals surface area contributed by atoms with Crippen LogP contribution in [-0.4, -0.2) is 24.6 Å². The summed E-state index contributed by atoms with van der Waals surface area (Å²) in [6.45, 7) is 3.02. The molecule has 1 aliphatic heterocycles. The predicted molar refractivity (Wildman–Crippen MR) is 71.5 cm³/mol. The highest BCUT2D eigenvalue weighted by Gasteiger charge is 2.22. The van der Waals surface area contributed by atoms with Crippen LogP contribution in [0.4, 0.5) is 0 Å². The van der Waals surface area contributed by atoms with Crippen molar-refractivity contribution in [1.82, 2.24) is 5.32 Å². The van der Waals surface area contributed by atoms with E-state index in [1.54, 1.807) is 0 Å². The zero-order chi connectivity index (χ0) is 12.1. The second-order valence-corrected chi connectivity index (χ2v) is 4.98. The van der Waals surface area contributed by atoms with Crippen LogP contribution in [0.1, 0.15) is 31.4 Å². The monoisotopic (exact) mass is 253 g/mol. The number of rotatable bonds is 5. The first-order chi connectivity index (χ1) is 8.29. The van der Waals surface area contributed by atoms with Gasteiger partial charge < -0.3 is 10.1 Å². The van der Waals surface area contributed by atoms with Crippen molar-refractivity contribution < 1.29 is 4.74 Å². The third-order valence-electron chi connectivity index (χ3n) is 3.27. The van der Waals surface area contributed by atoms with E-state index < -0.39 is 0 Å². The van der Waals surface area contributed by atoms with Crippen LogP contribution < -0.4 is 5.32 Å². The van der Waals surface area contributed by atoms with Gasteiger partial charge in [-0.25, -0.2) is 0 Å². The Kier molecular flexibility index (Phi) is 4.84. The molecule has 3 heteroatoms. The molecule has 0 bridgehead atoms. The lowest BCUT2D eigenvalue weighted by molar-refractivity contribution is 0.0547. The van der Waals surface area contributed by atoms with Crippen LogP contribution in [0.15, 0.2) is 30.3 Å². The highest BCUT2D eigenvalue weighted by molar-refractivity contribution is 6.18. The number of benzene rings is 1. The van der Waals surface area contributed by atoms with Gasteiger partial charge in [0.1, 0.15) is 0 Å². The van der Waals surface area contributed by atoms with Crippen LogP contribution in [0.5, 0.6) is 0 Å². The summed E-state index contributed by atoms with van der Waals surface area (Å²) >= 11 is 6.01. The number of hydrogen-bond acceptors (Lipinski definition) is 2. The minimum atomic E-state index is 0.220. The smallest absolute Gasteiger partial charge is 0.0704 e. The van der Waals surface area contributed by atoms with Gasteiger partial charge in [-0.1, -0.05) is 30.3 Å². The van der Waals surface area contributed by atoms with Crippen molar-refractivity contribution in [3.63, 3.8) is 0 Å². The molecule has 1 heterocycles. The molecule has 94 valence electrons. The summed E-state index contributed by atoms with van der Waals surface area (Å²) in [5.41, 5.74) is 1.24. The number of halogens is 1. The van der Waals surface area contributed by atoms with Crippen molar-refractivity contribution >= 4 is 11.6 Å². The van der Waals surface area contributed by atoms with E-state index in [0.29, 0.717) is 18.1 Å². The summed E-state index contributed by atoms with van der Waals surface area (Å²) in [5, 5.41) is 3.49. The van der Waals surface area contributed by atoms with Gasteiger partial charge in [-0.15, -0.1) is 11.6 Å². The summed E-state index contributed by atoms with van der Waals surface area (Å²) in [5.74, 6) is 0.590. The standard InChI is InChI=1S/C14H20ClNO/c1-11-7-8-13(17-11)10-16-14(9-15)12-5-3-2-4-6-12/h2-6,11,13-14,16H,7-10H2,1H3. The predicted octanol–water partition coefficient (Wildman–Crippen LogP) is 3.12. The molecule has 1 N–H and O–H groups in total. The van der Waals surface area contributed by atoms with Gasteiger partial charge in [-0.05, 0) is 25.3 Å². The Balaban J connectivity index is 1.84. The van der Waals surface area contributed by atoms with Gasteiger partial charge in [0.15, 0.2) is 0 Å². The lowest BCUT2D eigenvalue weighted by Crippen LogP contribution is -2.31. The summed E-state index contributed by atoms with van der Waals surface area (Å²) in [6.07, 6.45) is 3.08. The fourth-order valence-corrected chi connectivity index (χ4v) is 2.54. The number of ether oxygens (including phenoxy) is 1. The zero-order valence-electron chi connectivity index (χ0n) is 10.2. The highest BCUT2D eigenvalue weighted by Crippen LogP contribution is 2.20. The van der Waals surface area contributed by atoms with Gasteiger partial charge >= 0.3 is 0 Å². The van der Waals surface area contributed by atoms with Gasteiger partial charge in [0, 0.05) is 18.5 Å². The maximum absolute atomic E-state index is 6.01. The van der Waals surface area contributed by atoms with E-state index in [2.05, 4.69) is 24.4 Å². The van der Waals surface area contributed by atoms with E-state index in [9.17, 15) is 0 Å². The second-order valence-electron chi connectivity index (χ2n) is 4.67. The molecule has 0 radical (unpaired) electrons. The maximum Gasteiger partial charge on any atom is 0.0704 e. The molecule has 1 aromatic rings. The number of nitrogens with one attached hydrogen (secondary N) is 1. The molecule has 0 amide bonds. The van der Waals surface area contributed by atoms with Crippen molar-refractivity contribution in [3.8, 4) is 0 Å². The molecule has 17 heavy (non-hydrogen) atoms. The molecule has 2 nitrogen and oxygen atoms in total. The Morgan fingerprint density at radius 2 is 2.12 bits per heavy atom. The van der Waals surface area contributed by atoms with Crippen LogP contribution in [0.25, 0.3) is 0 Å². The fourth-order valence-electron chi connectivity index (χ4n) is 2.26. The summed E-state index contributed by atoms with van der Waals surface area (Å²) < 4.78 is 5.79. The van der Waals surface area contributed by atoms with E-state index in [4.69, 9.17) is 16.3 Å². The van der Waals surface area contributed by atoms with E-state index in [1.165, 1.54) is 12.0 Å². The first kappa shape index (κ1) is 12.9. The largest absolute Gasteiger partial charge is 0.374 e. The lowest BCUT2D eigenvalue weighted by atomic mass is 10.1. The van der Waals surface area contributed by atoms with Crippen molar-refractivity contribution in [2.75, 3.05) is 12.4 Å². The fraction of sp³-hybridized carbons (Fsp3) is 0.571. The molecule has 1 aliphatic rings. The van der Waals surface area contributed by atoms with Crippen LogP contribution in [-0.2, 0) is 4.74 Å². The molecule has 0 aliphatic carbocycles. The summed E-state index contributed by atoms with van der Waals surface area (Å²) in [7, 11) is 0. The molecule has 0 saturated carbocycles. The van der Waals surface area contributed by atoms with Gasteiger partial charge in [0.2, 0.25) is 0 Å². The Morgan fingerprint density at radius 3 is 2.71 bits per heavy atom. The Hall–Kier alpha value is -0.570. The van der Waals surface area contributed by atoms with Gasteiger partial charge in [0.05, 0.1) is 12.2 Å². The highest BCUT2D eigenvalue weighted by atomic mass is 35.5. The van der Waals surface area contributed by atoms with Gasteiger partial charge in [0.25, 0.3) is 0 Å². The Bertz CT molecular complexity index is 330. The minimum Gasteiger partial charge on any atom is -0.374 e. The molecule has 0 spiro atoms. The molecular weight excluding hydrogens is 234 g/mol. The normalized spacial score (nSPS) is 26.0. The Labute approximate surface area is 108 Å². The van der Waals surface area contributed by atoms with Crippen molar-refractivity contribution in [2.45, 2.75) is 38.0 Å². The Morgan fingerprint density at radius 1 is 1.35 bits per heavy atom. The van der Waals surface area contributed by atoms with Gasteiger partial charge in [-0.3, -0.25) is 0 Å². The summed E-state index contributed by atoms with van der Waals surface area (Å²) in [6, 6.07) is 10.6.